The Morgan fingerprint density at radius 3 is 2.67 bits per heavy atom. The molecular weight excluding hydrogens is 286 g/mol. The summed E-state index contributed by atoms with van der Waals surface area (Å²) in [6.07, 6.45) is 0. The van der Waals surface area contributed by atoms with Gasteiger partial charge < -0.3 is 0 Å². The van der Waals surface area contributed by atoms with Crippen LogP contribution >= 0.6 is 11.3 Å². The molecule has 0 bridgehead atoms. The summed E-state index contributed by atoms with van der Waals surface area (Å²) in [4.78, 5) is 28.6. The van der Waals surface area contributed by atoms with E-state index in [1.807, 2.05) is 43.3 Å². The second kappa shape index (κ2) is 5.04. The van der Waals surface area contributed by atoms with Crippen molar-refractivity contribution in [1.82, 2.24) is 9.55 Å². The summed E-state index contributed by atoms with van der Waals surface area (Å²) in [5.41, 5.74) is 0.783. The van der Waals surface area contributed by atoms with Gasteiger partial charge in [-0.05, 0) is 12.5 Å². The van der Waals surface area contributed by atoms with E-state index in [1.165, 1.54) is 11.3 Å². The monoisotopic (exact) mass is 297 g/mol. The SMILES string of the molecule is Cc1sc2[nH]c(=O)n(CC#N)c(=O)c2c1-c1ccccc1. The first-order valence-corrected chi connectivity index (χ1v) is 7.13. The van der Waals surface area contributed by atoms with Gasteiger partial charge in [0.05, 0.1) is 11.5 Å². The van der Waals surface area contributed by atoms with Gasteiger partial charge in [-0.1, -0.05) is 30.3 Å². The normalized spacial score (nSPS) is 10.7. The molecule has 0 unspecified atom stereocenters. The average Bonchev–Trinajstić information content (AvgIpc) is 2.80. The van der Waals surface area contributed by atoms with Crippen LogP contribution < -0.4 is 11.2 Å². The number of hydrogen-bond donors (Lipinski definition) is 1. The van der Waals surface area contributed by atoms with Crippen molar-refractivity contribution in [3.8, 4) is 17.2 Å². The number of fused-ring (bicyclic) bond motifs is 1. The lowest BCUT2D eigenvalue weighted by atomic mass is 10.0. The van der Waals surface area contributed by atoms with Gasteiger partial charge in [0.25, 0.3) is 5.56 Å². The van der Waals surface area contributed by atoms with E-state index < -0.39 is 11.2 Å². The van der Waals surface area contributed by atoms with Gasteiger partial charge in [-0.25, -0.2) is 9.36 Å². The third-order valence-corrected chi connectivity index (χ3v) is 4.32. The lowest BCUT2D eigenvalue weighted by Crippen LogP contribution is -2.34. The molecular formula is C15H11N3O2S. The summed E-state index contributed by atoms with van der Waals surface area (Å²) in [5, 5.41) is 9.24. The second-order valence-electron chi connectivity index (χ2n) is 4.58. The van der Waals surface area contributed by atoms with E-state index in [4.69, 9.17) is 5.26 Å². The van der Waals surface area contributed by atoms with Crippen molar-refractivity contribution in [3.05, 3.63) is 56.0 Å². The molecule has 2 heterocycles. The van der Waals surface area contributed by atoms with Crippen LogP contribution in [0.5, 0.6) is 0 Å². The summed E-state index contributed by atoms with van der Waals surface area (Å²) < 4.78 is 0.931. The Hall–Kier alpha value is -2.65. The standard InChI is InChI=1S/C15H11N3O2S/c1-9-11(10-5-3-2-4-6-10)12-13(21-9)17-15(20)18(8-7-16)14(12)19/h2-6H,8H2,1H3,(H,17,20). The predicted octanol–water partition coefficient (Wildman–Crippen LogP) is 2.25. The highest BCUT2D eigenvalue weighted by Crippen LogP contribution is 2.34. The minimum absolute atomic E-state index is 0.257. The van der Waals surface area contributed by atoms with Crippen molar-refractivity contribution >= 4 is 21.6 Å². The third-order valence-electron chi connectivity index (χ3n) is 3.30. The van der Waals surface area contributed by atoms with E-state index in [0.717, 1.165) is 20.6 Å². The molecule has 0 radical (unpaired) electrons. The van der Waals surface area contributed by atoms with Crippen LogP contribution in [0.3, 0.4) is 0 Å². The number of hydrogen-bond acceptors (Lipinski definition) is 4. The lowest BCUT2D eigenvalue weighted by Gasteiger charge is -2.03. The summed E-state index contributed by atoms with van der Waals surface area (Å²) in [6.45, 7) is 1.66. The van der Waals surface area contributed by atoms with Gasteiger partial charge >= 0.3 is 5.69 Å². The van der Waals surface area contributed by atoms with Crippen molar-refractivity contribution in [3.63, 3.8) is 0 Å². The fourth-order valence-electron chi connectivity index (χ4n) is 2.40. The molecule has 0 amide bonds. The first-order chi connectivity index (χ1) is 10.1. The van der Waals surface area contributed by atoms with Crippen LogP contribution in [0.25, 0.3) is 21.3 Å². The molecule has 1 aromatic carbocycles. The molecule has 1 N–H and O–H groups in total. The number of aryl methyl sites for hydroxylation is 1. The number of thiophene rings is 1. The molecule has 2 aromatic heterocycles. The maximum Gasteiger partial charge on any atom is 0.330 e. The van der Waals surface area contributed by atoms with Gasteiger partial charge in [0.15, 0.2) is 0 Å². The Morgan fingerprint density at radius 2 is 2.00 bits per heavy atom. The molecule has 0 saturated heterocycles. The predicted molar refractivity (Wildman–Crippen MR) is 82.5 cm³/mol. The van der Waals surface area contributed by atoms with Gasteiger partial charge in [0.1, 0.15) is 11.4 Å². The maximum atomic E-state index is 12.5. The van der Waals surface area contributed by atoms with Gasteiger partial charge in [-0.2, -0.15) is 5.26 Å². The first kappa shape index (κ1) is 13.3. The van der Waals surface area contributed by atoms with E-state index in [1.54, 1.807) is 0 Å². The zero-order valence-electron chi connectivity index (χ0n) is 11.2. The molecule has 0 aliphatic rings. The first-order valence-electron chi connectivity index (χ1n) is 6.32. The molecule has 0 atom stereocenters. The fourth-order valence-corrected chi connectivity index (χ4v) is 3.45. The van der Waals surface area contributed by atoms with Crippen molar-refractivity contribution < 1.29 is 0 Å². The topological polar surface area (TPSA) is 78.7 Å². The molecule has 0 aliphatic carbocycles. The largest absolute Gasteiger partial charge is 0.330 e. The zero-order valence-corrected chi connectivity index (χ0v) is 12.0. The molecule has 0 saturated carbocycles. The minimum atomic E-state index is -0.546. The summed E-state index contributed by atoms with van der Waals surface area (Å²) in [5.74, 6) is 0. The second-order valence-corrected chi connectivity index (χ2v) is 5.81. The fraction of sp³-hybridized carbons (Fsp3) is 0.133. The van der Waals surface area contributed by atoms with E-state index in [0.29, 0.717) is 10.2 Å². The van der Waals surface area contributed by atoms with Crippen molar-refractivity contribution in [2.24, 2.45) is 0 Å². The Bertz CT molecular complexity index is 974. The summed E-state index contributed by atoms with van der Waals surface area (Å²) in [6, 6.07) is 11.4. The summed E-state index contributed by atoms with van der Waals surface area (Å²) >= 11 is 1.38. The minimum Gasteiger partial charge on any atom is -0.298 e. The maximum absolute atomic E-state index is 12.5. The van der Waals surface area contributed by atoms with Crippen molar-refractivity contribution in [2.75, 3.05) is 0 Å². The number of rotatable bonds is 2. The molecule has 0 spiro atoms. The van der Waals surface area contributed by atoms with Gasteiger partial charge in [0.2, 0.25) is 0 Å². The Morgan fingerprint density at radius 1 is 1.29 bits per heavy atom. The number of aromatic nitrogens is 2. The third kappa shape index (κ3) is 2.08. The smallest absolute Gasteiger partial charge is 0.298 e. The van der Waals surface area contributed by atoms with E-state index in [-0.39, 0.29) is 6.54 Å². The highest BCUT2D eigenvalue weighted by atomic mass is 32.1. The van der Waals surface area contributed by atoms with Crippen molar-refractivity contribution in [1.29, 1.82) is 5.26 Å². The number of nitriles is 1. The lowest BCUT2D eigenvalue weighted by molar-refractivity contribution is 0.737. The number of nitrogens with zero attached hydrogens (tertiary/aromatic N) is 2. The Balaban J connectivity index is 2.45. The molecule has 3 aromatic rings. The number of H-pyrrole nitrogens is 1. The Labute approximate surface area is 123 Å². The number of nitrogens with one attached hydrogen (secondary N) is 1. The van der Waals surface area contributed by atoms with Gasteiger partial charge in [0, 0.05) is 10.4 Å². The van der Waals surface area contributed by atoms with Gasteiger partial charge in [-0.15, -0.1) is 11.3 Å². The Kier molecular flexibility index (Phi) is 3.20. The molecule has 21 heavy (non-hydrogen) atoms. The van der Waals surface area contributed by atoms with Crippen LogP contribution in [0, 0.1) is 18.3 Å². The van der Waals surface area contributed by atoms with Crippen LogP contribution in [-0.2, 0) is 6.54 Å². The summed E-state index contributed by atoms with van der Waals surface area (Å²) in [7, 11) is 0. The van der Waals surface area contributed by atoms with Crippen LogP contribution in [0.4, 0.5) is 0 Å². The average molecular weight is 297 g/mol. The number of benzene rings is 1. The highest BCUT2D eigenvalue weighted by molar-refractivity contribution is 7.19. The van der Waals surface area contributed by atoms with Crippen molar-refractivity contribution in [2.45, 2.75) is 13.5 Å². The molecule has 6 heteroatoms. The van der Waals surface area contributed by atoms with E-state index in [9.17, 15) is 9.59 Å². The van der Waals surface area contributed by atoms with E-state index >= 15 is 0 Å². The van der Waals surface area contributed by atoms with Gasteiger partial charge in [-0.3, -0.25) is 9.78 Å². The molecule has 5 nitrogen and oxygen atoms in total. The van der Waals surface area contributed by atoms with Crippen LogP contribution in [-0.4, -0.2) is 9.55 Å². The molecule has 104 valence electrons. The number of aromatic amines is 1. The zero-order chi connectivity index (χ0) is 15.0. The highest BCUT2D eigenvalue weighted by Gasteiger charge is 2.17. The molecule has 3 rings (SSSR count). The molecule has 0 fully saturated rings. The van der Waals surface area contributed by atoms with Crippen LogP contribution in [0.1, 0.15) is 4.88 Å². The van der Waals surface area contributed by atoms with E-state index in [2.05, 4.69) is 4.98 Å². The quantitative estimate of drug-likeness (QED) is 0.788. The van der Waals surface area contributed by atoms with Crippen LogP contribution in [0.2, 0.25) is 0 Å². The molecule has 0 aliphatic heterocycles. The van der Waals surface area contributed by atoms with Crippen LogP contribution in [0.15, 0.2) is 39.9 Å².